The van der Waals surface area contributed by atoms with Crippen LogP contribution in [0.3, 0.4) is 0 Å². The topological polar surface area (TPSA) is 26.0 Å². The molecule has 5 aliphatic carbocycles. The molecule has 0 aromatic heterocycles. The molecule has 5 aliphatic rings. The summed E-state index contributed by atoms with van der Waals surface area (Å²) < 4.78 is 0. The molecule has 0 bridgehead atoms. The van der Waals surface area contributed by atoms with Crippen LogP contribution in [0.1, 0.15) is 155 Å². The second kappa shape index (κ2) is 16.0. The van der Waals surface area contributed by atoms with Crippen LogP contribution in [0.25, 0.3) is 0 Å². The van der Waals surface area contributed by atoms with Gasteiger partial charge in [-0.25, -0.2) is 0 Å². The van der Waals surface area contributed by atoms with E-state index >= 15 is 0 Å². The Balaban J connectivity index is 1.19. The molecule has 0 aromatic carbocycles. The first-order valence-corrected chi connectivity index (χ1v) is 18.2. The molecule has 1 nitrogen and oxygen atoms in total. The van der Waals surface area contributed by atoms with Crippen LogP contribution in [-0.4, -0.2) is 6.54 Å². The fourth-order valence-electron chi connectivity index (χ4n) is 10.3. The van der Waals surface area contributed by atoms with Crippen molar-refractivity contribution in [1.29, 1.82) is 0 Å². The number of fused-ring (bicyclic) bond motifs is 1. The Bertz CT molecular complexity index is 898. The minimum absolute atomic E-state index is 0.686. The van der Waals surface area contributed by atoms with Gasteiger partial charge in [0.2, 0.25) is 0 Å². The van der Waals surface area contributed by atoms with E-state index in [0.29, 0.717) is 6.54 Å². The van der Waals surface area contributed by atoms with E-state index in [9.17, 15) is 0 Å². The Morgan fingerprint density at radius 2 is 1.60 bits per heavy atom. The van der Waals surface area contributed by atoms with Gasteiger partial charge in [0.1, 0.15) is 0 Å². The zero-order chi connectivity index (χ0) is 27.6. The molecule has 224 valence electrons. The Morgan fingerprint density at radius 3 is 2.42 bits per heavy atom. The maximum atomic E-state index is 5.58. The molecule has 0 spiro atoms. The summed E-state index contributed by atoms with van der Waals surface area (Å²) in [4.78, 5) is 0. The van der Waals surface area contributed by atoms with Gasteiger partial charge in [-0.2, -0.15) is 0 Å². The molecule has 1 heteroatoms. The summed E-state index contributed by atoms with van der Waals surface area (Å²) in [6, 6.07) is 0. The van der Waals surface area contributed by atoms with Crippen molar-refractivity contribution in [1.82, 2.24) is 0 Å². The lowest BCUT2D eigenvalue weighted by atomic mass is 9.55. The lowest BCUT2D eigenvalue weighted by molar-refractivity contribution is 0.0286. The van der Waals surface area contributed by atoms with Gasteiger partial charge in [-0.1, -0.05) is 79.2 Å². The highest BCUT2D eigenvalue weighted by atomic mass is 14.5. The third kappa shape index (κ3) is 7.65. The Kier molecular flexibility index (Phi) is 12.1. The predicted octanol–water partition coefficient (Wildman–Crippen LogP) is 11.4. The maximum absolute atomic E-state index is 5.58. The van der Waals surface area contributed by atoms with E-state index in [1.165, 1.54) is 148 Å². The standard InChI is InChI=1S/C39H63N/c1-2-15-30(16-8-6-4-3-5-7-13-29-40)36-27-28-37(39-21-12-11-20-38(36)39)33-25-23-32(24-26-33)35-22-14-18-31-17-9-10-19-34(31)35/h7,13,16,23,33,35-39H,2-6,8-12,14-15,17-22,24-29,40H2,1H3/b13-7-,30-16+. The van der Waals surface area contributed by atoms with Gasteiger partial charge in [-0.3, -0.25) is 0 Å². The second-order valence-corrected chi connectivity index (χ2v) is 14.4. The highest BCUT2D eigenvalue weighted by molar-refractivity contribution is 5.31. The molecule has 6 atom stereocenters. The van der Waals surface area contributed by atoms with E-state index in [4.69, 9.17) is 5.73 Å². The molecule has 0 radical (unpaired) electrons. The van der Waals surface area contributed by atoms with Crippen LogP contribution in [0, 0.1) is 35.5 Å². The summed E-state index contributed by atoms with van der Waals surface area (Å²) in [6.07, 6.45) is 42.7. The van der Waals surface area contributed by atoms with Crippen LogP contribution in [0.5, 0.6) is 0 Å². The zero-order valence-electron chi connectivity index (χ0n) is 26.3. The summed E-state index contributed by atoms with van der Waals surface area (Å²) in [5, 5.41) is 0. The lowest BCUT2D eigenvalue weighted by Gasteiger charge is -2.50. The number of unbranched alkanes of at least 4 members (excludes halogenated alkanes) is 4. The van der Waals surface area contributed by atoms with Gasteiger partial charge in [0.15, 0.2) is 0 Å². The van der Waals surface area contributed by atoms with Crippen LogP contribution >= 0.6 is 0 Å². The largest absolute Gasteiger partial charge is 0.327 e. The molecule has 6 unspecified atom stereocenters. The second-order valence-electron chi connectivity index (χ2n) is 14.4. The molecule has 2 fully saturated rings. The maximum Gasteiger partial charge on any atom is 0.0106 e. The van der Waals surface area contributed by atoms with Crippen LogP contribution < -0.4 is 5.73 Å². The third-order valence-electron chi connectivity index (χ3n) is 12.1. The summed E-state index contributed by atoms with van der Waals surface area (Å²) in [5.41, 5.74) is 13.1. The minimum Gasteiger partial charge on any atom is -0.327 e. The number of rotatable bonds is 12. The van der Waals surface area contributed by atoms with E-state index in [0.717, 1.165) is 35.5 Å². The highest BCUT2D eigenvalue weighted by Gasteiger charge is 2.44. The van der Waals surface area contributed by atoms with Gasteiger partial charge in [-0.15, -0.1) is 0 Å². The third-order valence-corrected chi connectivity index (χ3v) is 12.1. The van der Waals surface area contributed by atoms with Crippen molar-refractivity contribution in [2.75, 3.05) is 6.54 Å². The van der Waals surface area contributed by atoms with Gasteiger partial charge < -0.3 is 5.73 Å². The average molecular weight is 546 g/mol. The molecule has 0 saturated heterocycles. The van der Waals surface area contributed by atoms with Gasteiger partial charge in [0, 0.05) is 12.5 Å². The minimum atomic E-state index is 0.686. The molecule has 5 rings (SSSR count). The first kappa shape index (κ1) is 30.4. The fourth-order valence-corrected chi connectivity index (χ4v) is 10.3. The van der Waals surface area contributed by atoms with E-state index < -0.39 is 0 Å². The van der Waals surface area contributed by atoms with Crippen LogP contribution in [0.2, 0.25) is 0 Å². The molecule has 0 heterocycles. The smallest absolute Gasteiger partial charge is 0.0106 e. The average Bonchev–Trinajstić information content (AvgIpc) is 3.01. The van der Waals surface area contributed by atoms with E-state index in [1.54, 1.807) is 0 Å². The molecule has 40 heavy (non-hydrogen) atoms. The molecule has 0 aliphatic heterocycles. The monoisotopic (exact) mass is 545 g/mol. The van der Waals surface area contributed by atoms with Crippen LogP contribution in [0.15, 0.2) is 46.6 Å². The first-order valence-electron chi connectivity index (χ1n) is 18.2. The van der Waals surface area contributed by atoms with Gasteiger partial charge in [-0.05, 0) is 152 Å². The molecule has 2 saturated carbocycles. The molecular formula is C39H63N. The Morgan fingerprint density at radius 1 is 0.775 bits per heavy atom. The first-order chi connectivity index (χ1) is 19.8. The number of allylic oxidation sites excluding steroid dienone is 7. The van der Waals surface area contributed by atoms with Crippen molar-refractivity contribution >= 4 is 0 Å². The summed E-state index contributed by atoms with van der Waals surface area (Å²) in [6.45, 7) is 3.10. The van der Waals surface area contributed by atoms with Gasteiger partial charge in [0.25, 0.3) is 0 Å². The van der Waals surface area contributed by atoms with Crippen molar-refractivity contribution in [3.63, 3.8) is 0 Å². The summed E-state index contributed by atoms with van der Waals surface area (Å²) in [5.74, 6) is 5.76. The van der Waals surface area contributed by atoms with Crippen molar-refractivity contribution < 1.29 is 0 Å². The Labute approximate surface area is 248 Å². The zero-order valence-corrected chi connectivity index (χ0v) is 26.3. The fraction of sp³-hybridized carbons (Fsp3) is 0.795. The van der Waals surface area contributed by atoms with Gasteiger partial charge >= 0.3 is 0 Å². The number of hydrogen-bond acceptors (Lipinski definition) is 1. The summed E-state index contributed by atoms with van der Waals surface area (Å²) >= 11 is 0. The number of hydrogen-bond donors (Lipinski definition) is 1. The Hall–Kier alpha value is -1.08. The predicted molar refractivity (Wildman–Crippen MR) is 174 cm³/mol. The lowest BCUT2D eigenvalue weighted by Crippen LogP contribution is -2.41. The van der Waals surface area contributed by atoms with Crippen molar-refractivity contribution in [3.05, 3.63) is 46.6 Å². The van der Waals surface area contributed by atoms with E-state index in [1.807, 2.05) is 22.3 Å². The van der Waals surface area contributed by atoms with Crippen molar-refractivity contribution in [2.24, 2.45) is 41.2 Å². The quantitative estimate of drug-likeness (QED) is 0.191. The van der Waals surface area contributed by atoms with Crippen molar-refractivity contribution in [2.45, 2.75) is 155 Å². The van der Waals surface area contributed by atoms with Crippen LogP contribution in [-0.2, 0) is 0 Å². The molecular weight excluding hydrogens is 482 g/mol. The van der Waals surface area contributed by atoms with E-state index in [2.05, 4.69) is 31.2 Å². The highest BCUT2D eigenvalue weighted by Crippen LogP contribution is 2.54. The SMILES string of the molecule is CCC/C(=C\CCCCC/C=C\CN)C1CCC(C2CC=C(C3CCCC4=C3CCCC4)CC2)C2CCCCC12. The normalized spacial score (nSPS) is 33.5. The summed E-state index contributed by atoms with van der Waals surface area (Å²) in [7, 11) is 0. The van der Waals surface area contributed by atoms with Crippen LogP contribution in [0.4, 0.5) is 0 Å². The molecule has 0 aromatic rings. The van der Waals surface area contributed by atoms with E-state index in [-0.39, 0.29) is 0 Å². The van der Waals surface area contributed by atoms with Crippen molar-refractivity contribution in [3.8, 4) is 0 Å². The van der Waals surface area contributed by atoms with Gasteiger partial charge in [0.05, 0.1) is 0 Å². The number of nitrogens with two attached hydrogens (primary N) is 1. The molecule has 2 N–H and O–H groups in total. The molecule has 0 amide bonds.